The van der Waals surface area contributed by atoms with Gasteiger partial charge in [0, 0.05) is 19.5 Å². The zero-order valence-electron chi connectivity index (χ0n) is 17.4. The van der Waals surface area contributed by atoms with Crippen LogP contribution in [0.3, 0.4) is 0 Å². The molecule has 168 valence electrons. The van der Waals surface area contributed by atoms with Gasteiger partial charge in [-0.1, -0.05) is 11.6 Å². The second-order valence-corrected chi connectivity index (χ2v) is 7.31. The van der Waals surface area contributed by atoms with Crippen LogP contribution in [0.2, 0.25) is 0 Å². The zero-order valence-corrected chi connectivity index (χ0v) is 17.4. The quantitative estimate of drug-likeness (QED) is 0.659. The first-order valence-corrected chi connectivity index (χ1v) is 10.0. The second-order valence-electron chi connectivity index (χ2n) is 7.31. The Morgan fingerprint density at radius 3 is 2.61 bits per heavy atom. The monoisotopic (exact) mass is 439 g/mol. The maximum atomic E-state index is 13.0. The highest BCUT2D eigenvalue weighted by atomic mass is 19.4. The number of carbonyl (C=O) groups excluding carboxylic acids is 2. The van der Waals surface area contributed by atoms with Crippen LogP contribution in [0.15, 0.2) is 24.3 Å². The maximum Gasteiger partial charge on any atom is 0.416 e. The topological polar surface area (TPSA) is 73.7 Å². The molecule has 0 saturated heterocycles. The summed E-state index contributed by atoms with van der Waals surface area (Å²) in [7, 11) is 0. The summed E-state index contributed by atoms with van der Waals surface area (Å²) in [5.74, 6) is -0.520. The molecule has 0 fully saturated rings. The van der Waals surface area contributed by atoms with Gasteiger partial charge in [-0.05, 0) is 44.0 Å². The highest BCUT2D eigenvalue weighted by molar-refractivity contribution is 5.87. The number of hydrogen-bond donors (Lipinski definition) is 0. The number of fused-ring (bicyclic) bond motifs is 1. The van der Waals surface area contributed by atoms with Crippen molar-refractivity contribution in [2.75, 3.05) is 19.8 Å². The van der Waals surface area contributed by atoms with Crippen LogP contribution >= 0.6 is 0 Å². The van der Waals surface area contributed by atoms with Crippen molar-refractivity contribution in [1.82, 2.24) is 14.7 Å². The van der Waals surface area contributed by atoms with Crippen LogP contribution in [0.5, 0.6) is 0 Å². The molecule has 0 saturated carbocycles. The minimum atomic E-state index is -4.42. The Morgan fingerprint density at radius 1 is 1.13 bits per heavy atom. The van der Waals surface area contributed by atoms with Gasteiger partial charge in [-0.2, -0.15) is 18.3 Å². The van der Waals surface area contributed by atoms with Crippen LogP contribution < -0.4 is 0 Å². The number of benzene rings is 1. The molecule has 7 nitrogen and oxygen atoms in total. The first-order chi connectivity index (χ1) is 14.7. The van der Waals surface area contributed by atoms with Crippen molar-refractivity contribution in [3.05, 3.63) is 52.3 Å². The van der Waals surface area contributed by atoms with Crippen molar-refractivity contribution in [1.29, 1.82) is 0 Å². The fourth-order valence-corrected chi connectivity index (χ4v) is 3.44. The van der Waals surface area contributed by atoms with Crippen LogP contribution in [-0.4, -0.2) is 46.5 Å². The van der Waals surface area contributed by atoms with E-state index in [1.807, 2.05) is 0 Å². The summed E-state index contributed by atoms with van der Waals surface area (Å²) >= 11 is 0. The predicted octanol–water partition coefficient (Wildman–Crippen LogP) is 3.97. The lowest BCUT2D eigenvalue weighted by atomic mass is 10.0. The predicted molar refractivity (Wildman–Crippen MR) is 104 cm³/mol. The van der Waals surface area contributed by atoms with Gasteiger partial charge in [0.1, 0.15) is 0 Å². The van der Waals surface area contributed by atoms with Crippen molar-refractivity contribution in [2.45, 2.75) is 46.0 Å². The third-order valence-corrected chi connectivity index (χ3v) is 4.84. The molecule has 0 spiro atoms. The minimum Gasteiger partial charge on any atom is -0.461 e. The molecule has 1 aromatic heterocycles. The van der Waals surface area contributed by atoms with E-state index >= 15 is 0 Å². The molecule has 2 aromatic rings. The lowest BCUT2D eigenvalue weighted by Crippen LogP contribution is -2.31. The molecule has 1 amide bonds. The average molecular weight is 439 g/mol. The molecule has 2 heterocycles. The molecule has 10 heteroatoms. The molecule has 1 aromatic carbocycles. The van der Waals surface area contributed by atoms with Gasteiger partial charge in [0.15, 0.2) is 5.69 Å². The van der Waals surface area contributed by atoms with Crippen molar-refractivity contribution >= 4 is 12.1 Å². The number of alkyl halides is 3. The lowest BCUT2D eigenvalue weighted by Gasteiger charge is -2.19. The molecule has 1 aliphatic rings. The SMILES string of the molecule is CCOC(=O)c1cc2n(n1)CCCN(C(=O)OCCc1cc(C)cc(C(F)(F)F)c1)C2. The Kier molecular flexibility index (Phi) is 6.87. The highest BCUT2D eigenvalue weighted by Crippen LogP contribution is 2.30. The maximum absolute atomic E-state index is 13.0. The van der Waals surface area contributed by atoms with Gasteiger partial charge in [-0.3, -0.25) is 4.68 Å². The smallest absolute Gasteiger partial charge is 0.416 e. The zero-order chi connectivity index (χ0) is 22.6. The van der Waals surface area contributed by atoms with Gasteiger partial charge in [0.25, 0.3) is 0 Å². The number of carbonyl (C=O) groups is 2. The number of esters is 1. The molecule has 1 aliphatic heterocycles. The summed E-state index contributed by atoms with van der Waals surface area (Å²) in [4.78, 5) is 25.9. The van der Waals surface area contributed by atoms with Gasteiger partial charge in [-0.25, -0.2) is 9.59 Å². The number of rotatable bonds is 5. The standard InChI is InChI=1S/C21H24F3N3O4/c1-3-30-19(28)18-12-17-13-26(6-4-7-27(17)25-18)20(29)31-8-5-15-9-14(2)10-16(11-15)21(22,23)24/h9-12H,3-8,13H2,1-2H3. The molecule has 3 rings (SSSR count). The number of ether oxygens (including phenoxy) is 2. The Morgan fingerprint density at radius 2 is 1.90 bits per heavy atom. The van der Waals surface area contributed by atoms with E-state index < -0.39 is 23.8 Å². The summed E-state index contributed by atoms with van der Waals surface area (Å²) in [6, 6.07) is 5.39. The van der Waals surface area contributed by atoms with Crippen molar-refractivity contribution in [3.8, 4) is 0 Å². The van der Waals surface area contributed by atoms with Crippen LogP contribution in [0.1, 0.15) is 46.2 Å². The van der Waals surface area contributed by atoms with E-state index in [1.54, 1.807) is 30.7 Å². The van der Waals surface area contributed by atoms with Crippen LogP contribution in [0.25, 0.3) is 0 Å². The molecular formula is C21H24F3N3O4. The molecule has 0 atom stereocenters. The third kappa shape index (κ3) is 5.77. The van der Waals surface area contributed by atoms with Crippen LogP contribution in [-0.2, 0) is 35.2 Å². The summed E-state index contributed by atoms with van der Waals surface area (Å²) in [6.07, 6.45) is -4.18. The van der Waals surface area contributed by atoms with Gasteiger partial charge in [0.05, 0.1) is 31.0 Å². The van der Waals surface area contributed by atoms with Gasteiger partial charge in [0.2, 0.25) is 0 Å². The molecule has 0 bridgehead atoms. The normalized spacial score (nSPS) is 14.0. The minimum absolute atomic E-state index is 0.0383. The summed E-state index contributed by atoms with van der Waals surface area (Å²) in [5, 5.41) is 4.23. The summed E-state index contributed by atoms with van der Waals surface area (Å²) < 4.78 is 50.8. The van der Waals surface area contributed by atoms with E-state index in [1.165, 1.54) is 4.90 Å². The van der Waals surface area contributed by atoms with E-state index in [2.05, 4.69) is 5.10 Å². The van der Waals surface area contributed by atoms with Crippen LogP contribution in [0.4, 0.5) is 18.0 Å². The Bertz CT molecular complexity index is 956. The summed E-state index contributed by atoms with van der Waals surface area (Å²) in [6.45, 7) is 4.71. The van der Waals surface area contributed by atoms with E-state index in [0.29, 0.717) is 36.3 Å². The molecule has 31 heavy (non-hydrogen) atoms. The van der Waals surface area contributed by atoms with Crippen molar-refractivity contribution in [2.24, 2.45) is 0 Å². The fourth-order valence-electron chi connectivity index (χ4n) is 3.44. The van der Waals surface area contributed by atoms with Crippen molar-refractivity contribution < 1.29 is 32.2 Å². The third-order valence-electron chi connectivity index (χ3n) is 4.84. The molecule has 0 unspecified atom stereocenters. The number of nitrogens with zero attached hydrogens (tertiary/aromatic N) is 3. The highest BCUT2D eigenvalue weighted by Gasteiger charge is 2.31. The van der Waals surface area contributed by atoms with Crippen molar-refractivity contribution in [3.63, 3.8) is 0 Å². The van der Waals surface area contributed by atoms with Gasteiger partial charge < -0.3 is 14.4 Å². The van der Waals surface area contributed by atoms with E-state index in [9.17, 15) is 22.8 Å². The Hall–Kier alpha value is -3.04. The van der Waals surface area contributed by atoms with Crippen LogP contribution in [0, 0.1) is 6.92 Å². The first-order valence-electron chi connectivity index (χ1n) is 10.0. The fraction of sp³-hybridized carbons (Fsp3) is 0.476. The largest absolute Gasteiger partial charge is 0.461 e. The number of amides is 1. The Balaban J connectivity index is 1.59. The number of aromatic nitrogens is 2. The second kappa shape index (κ2) is 9.40. The lowest BCUT2D eigenvalue weighted by molar-refractivity contribution is -0.137. The summed E-state index contributed by atoms with van der Waals surface area (Å²) in [5.41, 5.74) is 1.10. The van der Waals surface area contributed by atoms with E-state index in [4.69, 9.17) is 9.47 Å². The molecule has 0 radical (unpaired) electrons. The molecular weight excluding hydrogens is 415 g/mol. The van der Waals surface area contributed by atoms with E-state index in [-0.39, 0.29) is 31.9 Å². The number of halogens is 3. The first kappa shape index (κ1) is 22.6. The Labute approximate surface area is 177 Å². The van der Waals surface area contributed by atoms with Gasteiger partial charge in [-0.15, -0.1) is 0 Å². The van der Waals surface area contributed by atoms with E-state index in [0.717, 1.165) is 12.1 Å². The number of aryl methyl sites for hydroxylation is 2. The number of hydrogen-bond acceptors (Lipinski definition) is 5. The van der Waals surface area contributed by atoms with Gasteiger partial charge >= 0.3 is 18.2 Å². The average Bonchev–Trinajstić information content (AvgIpc) is 2.98. The molecule has 0 aliphatic carbocycles. The molecule has 0 N–H and O–H groups in total.